The molecule has 0 bridgehead atoms. The van der Waals surface area contributed by atoms with Gasteiger partial charge in [-0.2, -0.15) is 5.10 Å². The number of nitrogens with one attached hydrogen (secondary N) is 1. The van der Waals surface area contributed by atoms with Gasteiger partial charge in [0.15, 0.2) is 0 Å². The van der Waals surface area contributed by atoms with Crippen molar-refractivity contribution >= 4 is 30.7 Å². The van der Waals surface area contributed by atoms with Gasteiger partial charge < -0.3 is 10.2 Å². The molecule has 3 rings (SSSR count). The van der Waals surface area contributed by atoms with Crippen molar-refractivity contribution in [1.29, 1.82) is 0 Å². The molecule has 0 aliphatic carbocycles. The summed E-state index contributed by atoms with van der Waals surface area (Å²) in [4.78, 5) is 19.2. The van der Waals surface area contributed by atoms with Crippen molar-refractivity contribution in [1.82, 2.24) is 25.0 Å². The molecule has 2 aromatic heterocycles. The zero-order chi connectivity index (χ0) is 15.4. The standard InChI is InChI=1S/C16H21N5O.2ClH/c1-20(13-14-5-2-3-8-18-14)15(22)16(6-10-17-11-7-16)21-12-4-9-19-21;;/h2-5,8-9,12,17H,6-7,10-11,13H2,1H3;2*1H. The number of pyridine rings is 1. The lowest BCUT2D eigenvalue weighted by atomic mass is 9.87. The molecule has 2 aromatic rings. The van der Waals surface area contributed by atoms with Crippen LogP contribution in [0.1, 0.15) is 18.5 Å². The third-order valence-electron chi connectivity index (χ3n) is 4.24. The number of carbonyl (C=O) groups is 1. The number of piperidine rings is 1. The van der Waals surface area contributed by atoms with Crippen LogP contribution in [0.15, 0.2) is 42.9 Å². The van der Waals surface area contributed by atoms with E-state index in [4.69, 9.17) is 0 Å². The Labute approximate surface area is 154 Å². The summed E-state index contributed by atoms with van der Waals surface area (Å²) in [6.45, 7) is 2.15. The molecule has 6 nitrogen and oxygen atoms in total. The van der Waals surface area contributed by atoms with Gasteiger partial charge in [-0.25, -0.2) is 0 Å². The van der Waals surface area contributed by atoms with Gasteiger partial charge in [0.05, 0.1) is 12.2 Å². The molecule has 1 N–H and O–H groups in total. The summed E-state index contributed by atoms with van der Waals surface area (Å²) in [5.74, 6) is 0.100. The average Bonchev–Trinajstić information content (AvgIpc) is 3.11. The van der Waals surface area contributed by atoms with Gasteiger partial charge >= 0.3 is 0 Å². The third kappa shape index (κ3) is 4.06. The molecular weight excluding hydrogens is 349 g/mol. The largest absolute Gasteiger partial charge is 0.338 e. The highest BCUT2D eigenvalue weighted by Crippen LogP contribution is 2.29. The molecule has 0 aromatic carbocycles. The quantitative estimate of drug-likeness (QED) is 0.890. The molecule has 0 radical (unpaired) electrons. The van der Waals surface area contributed by atoms with E-state index in [1.54, 1.807) is 17.3 Å². The van der Waals surface area contributed by atoms with E-state index < -0.39 is 5.54 Å². The minimum atomic E-state index is -0.585. The van der Waals surface area contributed by atoms with Gasteiger partial charge in [-0.1, -0.05) is 6.07 Å². The first-order valence-corrected chi connectivity index (χ1v) is 7.59. The fraction of sp³-hybridized carbons (Fsp3) is 0.438. The predicted octanol–water partition coefficient (Wildman–Crippen LogP) is 1.86. The number of amides is 1. The van der Waals surface area contributed by atoms with Gasteiger partial charge in [0.2, 0.25) is 0 Å². The van der Waals surface area contributed by atoms with E-state index >= 15 is 0 Å². The molecule has 1 aliphatic rings. The Bertz CT molecular complexity index is 615. The smallest absolute Gasteiger partial charge is 0.250 e. The van der Waals surface area contributed by atoms with E-state index in [1.807, 2.05) is 42.2 Å². The highest BCUT2D eigenvalue weighted by molar-refractivity contribution is 5.85. The highest BCUT2D eigenvalue weighted by atomic mass is 35.5. The maximum Gasteiger partial charge on any atom is 0.250 e. The van der Waals surface area contributed by atoms with Crippen LogP contribution in [-0.2, 0) is 16.9 Å². The molecule has 0 saturated carbocycles. The minimum Gasteiger partial charge on any atom is -0.338 e. The molecule has 3 heterocycles. The molecular formula is C16H23Cl2N5O. The number of hydrogen-bond donors (Lipinski definition) is 1. The summed E-state index contributed by atoms with van der Waals surface area (Å²) < 4.78 is 1.82. The Hall–Kier alpha value is -1.63. The summed E-state index contributed by atoms with van der Waals surface area (Å²) >= 11 is 0. The van der Waals surface area contributed by atoms with Gasteiger partial charge in [0.25, 0.3) is 5.91 Å². The van der Waals surface area contributed by atoms with Crippen LogP contribution < -0.4 is 5.32 Å². The van der Waals surface area contributed by atoms with Gasteiger partial charge in [-0.05, 0) is 44.1 Å². The van der Waals surface area contributed by atoms with Crippen LogP contribution in [0.2, 0.25) is 0 Å². The molecule has 1 saturated heterocycles. The first-order chi connectivity index (χ1) is 10.7. The van der Waals surface area contributed by atoms with Gasteiger partial charge in [-0.3, -0.25) is 14.5 Å². The fourth-order valence-electron chi connectivity index (χ4n) is 3.07. The molecule has 0 spiro atoms. The Kier molecular flexibility index (Phi) is 7.66. The summed E-state index contributed by atoms with van der Waals surface area (Å²) in [7, 11) is 1.84. The van der Waals surface area contributed by atoms with Crippen LogP contribution in [0.5, 0.6) is 0 Å². The van der Waals surface area contributed by atoms with Crippen molar-refractivity contribution < 1.29 is 4.79 Å². The van der Waals surface area contributed by atoms with Crippen molar-refractivity contribution in [3.63, 3.8) is 0 Å². The molecule has 1 fully saturated rings. The fourth-order valence-corrected chi connectivity index (χ4v) is 3.07. The lowest BCUT2D eigenvalue weighted by Gasteiger charge is -2.39. The molecule has 8 heteroatoms. The van der Waals surface area contributed by atoms with Gasteiger partial charge in [0.1, 0.15) is 5.54 Å². The Morgan fingerprint density at radius 3 is 2.58 bits per heavy atom. The predicted molar refractivity (Wildman–Crippen MR) is 97.5 cm³/mol. The van der Waals surface area contributed by atoms with E-state index in [2.05, 4.69) is 15.4 Å². The summed E-state index contributed by atoms with van der Waals surface area (Å²) in [6, 6.07) is 7.63. The van der Waals surface area contributed by atoms with E-state index in [1.165, 1.54) is 0 Å². The number of likely N-dealkylation sites (N-methyl/N-ethyl adjacent to an activating group) is 1. The number of carbonyl (C=O) groups excluding carboxylic acids is 1. The number of rotatable bonds is 4. The maximum absolute atomic E-state index is 13.1. The summed E-state index contributed by atoms with van der Waals surface area (Å²) in [5.41, 5.74) is 0.307. The molecule has 24 heavy (non-hydrogen) atoms. The molecule has 132 valence electrons. The van der Waals surface area contributed by atoms with Crippen LogP contribution >= 0.6 is 24.8 Å². The zero-order valence-corrected chi connectivity index (χ0v) is 15.2. The van der Waals surface area contributed by atoms with E-state index in [9.17, 15) is 4.79 Å². The van der Waals surface area contributed by atoms with Gasteiger partial charge in [0, 0.05) is 25.6 Å². The third-order valence-corrected chi connectivity index (χ3v) is 4.24. The lowest BCUT2D eigenvalue weighted by molar-refractivity contribution is -0.142. The van der Waals surface area contributed by atoms with Crippen LogP contribution in [-0.4, -0.2) is 45.7 Å². The summed E-state index contributed by atoms with van der Waals surface area (Å²) in [5, 5.41) is 7.67. The van der Waals surface area contributed by atoms with Crippen molar-refractivity contribution in [3.05, 3.63) is 48.5 Å². The van der Waals surface area contributed by atoms with E-state index in [0.717, 1.165) is 31.6 Å². The second-order valence-corrected chi connectivity index (χ2v) is 5.71. The second kappa shape index (κ2) is 9.01. The average molecular weight is 372 g/mol. The lowest BCUT2D eigenvalue weighted by Crippen LogP contribution is -2.54. The zero-order valence-electron chi connectivity index (χ0n) is 13.6. The van der Waals surface area contributed by atoms with Crippen LogP contribution in [0.4, 0.5) is 0 Å². The maximum atomic E-state index is 13.1. The monoisotopic (exact) mass is 371 g/mol. The number of hydrogen-bond acceptors (Lipinski definition) is 4. The Morgan fingerprint density at radius 2 is 2.00 bits per heavy atom. The van der Waals surface area contributed by atoms with Crippen molar-refractivity contribution in [2.45, 2.75) is 24.9 Å². The van der Waals surface area contributed by atoms with Crippen molar-refractivity contribution in [2.75, 3.05) is 20.1 Å². The van der Waals surface area contributed by atoms with E-state index in [-0.39, 0.29) is 30.7 Å². The SMILES string of the molecule is CN(Cc1ccccn1)C(=O)C1(n2cccn2)CCNCC1.Cl.Cl. The molecule has 0 unspecified atom stereocenters. The van der Waals surface area contributed by atoms with E-state index in [0.29, 0.717) is 6.54 Å². The number of nitrogens with zero attached hydrogens (tertiary/aromatic N) is 4. The second-order valence-electron chi connectivity index (χ2n) is 5.71. The number of halogens is 2. The molecule has 1 amide bonds. The summed E-state index contributed by atoms with van der Waals surface area (Å²) in [6.07, 6.45) is 6.87. The van der Waals surface area contributed by atoms with Crippen molar-refractivity contribution in [3.8, 4) is 0 Å². The van der Waals surface area contributed by atoms with Crippen molar-refractivity contribution in [2.24, 2.45) is 0 Å². The first-order valence-electron chi connectivity index (χ1n) is 7.59. The normalized spacial score (nSPS) is 15.7. The Balaban J connectivity index is 0.00000144. The van der Waals surface area contributed by atoms with Crippen LogP contribution in [0, 0.1) is 0 Å². The molecule has 1 aliphatic heterocycles. The first kappa shape index (κ1) is 20.4. The molecule has 0 atom stereocenters. The number of aromatic nitrogens is 3. The topological polar surface area (TPSA) is 63.1 Å². The van der Waals surface area contributed by atoms with Gasteiger partial charge in [-0.15, -0.1) is 24.8 Å². The Morgan fingerprint density at radius 1 is 1.25 bits per heavy atom. The van der Waals surface area contributed by atoms with Crippen LogP contribution in [0.3, 0.4) is 0 Å². The van der Waals surface area contributed by atoms with Crippen LogP contribution in [0.25, 0.3) is 0 Å². The minimum absolute atomic E-state index is 0. The highest BCUT2D eigenvalue weighted by Gasteiger charge is 2.43.